The third kappa shape index (κ3) is 4.89. The van der Waals surface area contributed by atoms with E-state index in [4.69, 9.17) is 9.47 Å². The fraction of sp³-hybridized carbons (Fsp3) is 0.0357. The van der Waals surface area contributed by atoms with Gasteiger partial charge in [0.1, 0.15) is 23.5 Å². The molecule has 0 saturated carbocycles. The van der Waals surface area contributed by atoms with Gasteiger partial charge >= 0.3 is 0 Å². The lowest BCUT2D eigenvalue weighted by molar-refractivity contribution is 0.0949. The minimum absolute atomic E-state index is 0.283. The number of rotatable bonds is 6. The monoisotopic (exact) mass is 464 g/mol. The Bertz CT molecular complexity index is 1430. The molecule has 5 rings (SSSR count). The number of carbonyl (C=O) groups is 3. The average Bonchev–Trinajstić information content (AvgIpc) is 3.03. The highest BCUT2D eigenvalue weighted by Crippen LogP contribution is 2.36. The van der Waals surface area contributed by atoms with Crippen LogP contribution in [0.1, 0.15) is 36.6 Å². The fourth-order valence-electron chi connectivity index (χ4n) is 3.66. The zero-order valence-electron chi connectivity index (χ0n) is 18.5. The van der Waals surface area contributed by atoms with Crippen LogP contribution in [0.3, 0.4) is 0 Å². The minimum Gasteiger partial charge on any atom is -0.457 e. The van der Waals surface area contributed by atoms with Crippen LogP contribution >= 0.6 is 0 Å². The lowest BCUT2D eigenvalue weighted by Gasteiger charge is -2.11. The Morgan fingerprint density at radius 1 is 0.886 bits per heavy atom. The first-order valence-corrected chi connectivity index (χ1v) is 10.9. The first-order valence-electron chi connectivity index (χ1n) is 10.9. The number of aldehydes is 1. The second-order valence-electron chi connectivity index (χ2n) is 7.88. The molecular weight excluding hydrogens is 444 g/mol. The molecule has 0 atom stereocenters. The smallest absolute Gasteiger partial charge is 0.259 e. The lowest BCUT2D eigenvalue weighted by atomic mass is 10.1. The van der Waals surface area contributed by atoms with Crippen molar-refractivity contribution in [3.63, 3.8) is 0 Å². The van der Waals surface area contributed by atoms with Gasteiger partial charge in [-0.05, 0) is 72.3 Å². The minimum atomic E-state index is -0.297. The van der Waals surface area contributed by atoms with Crippen molar-refractivity contribution in [2.24, 2.45) is 0 Å². The molecule has 0 bridgehead atoms. The Hall–Kier alpha value is -4.91. The van der Waals surface area contributed by atoms with E-state index in [2.05, 4.69) is 10.6 Å². The molecule has 2 N–H and O–H groups in total. The van der Waals surface area contributed by atoms with Crippen LogP contribution in [0, 0.1) is 0 Å². The van der Waals surface area contributed by atoms with E-state index in [9.17, 15) is 14.4 Å². The number of benzene rings is 4. The van der Waals surface area contributed by atoms with Gasteiger partial charge in [-0.3, -0.25) is 14.4 Å². The maximum atomic E-state index is 12.8. The summed E-state index contributed by atoms with van der Waals surface area (Å²) in [7, 11) is 0. The molecule has 0 fully saturated rings. The highest BCUT2D eigenvalue weighted by atomic mass is 16.5. The van der Waals surface area contributed by atoms with Gasteiger partial charge in [-0.1, -0.05) is 24.3 Å². The van der Waals surface area contributed by atoms with E-state index in [1.165, 1.54) is 0 Å². The van der Waals surface area contributed by atoms with Crippen LogP contribution in [0.15, 0.2) is 91.0 Å². The lowest BCUT2D eigenvalue weighted by Crippen LogP contribution is -2.23. The molecule has 0 unspecified atom stereocenters. The van der Waals surface area contributed by atoms with Gasteiger partial charge in [0.2, 0.25) is 0 Å². The van der Waals surface area contributed by atoms with Gasteiger partial charge in [0, 0.05) is 17.7 Å². The molecule has 0 spiro atoms. The highest BCUT2D eigenvalue weighted by molar-refractivity contribution is 6.08. The number of anilines is 1. The van der Waals surface area contributed by atoms with Crippen LogP contribution in [0.25, 0.3) is 0 Å². The molecule has 7 heteroatoms. The zero-order valence-corrected chi connectivity index (χ0v) is 18.5. The van der Waals surface area contributed by atoms with E-state index in [1.807, 2.05) is 24.3 Å². The number of para-hydroxylation sites is 1. The molecular formula is C28H20N2O5. The quantitative estimate of drug-likeness (QED) is 0.364. The van der Waals surface area contributed by atoms with Gasteiger partial charge in [0.25, 0.3) is 11.8 Å². The van der Waals surface area contributed by atoms with E-state index in [0.29, 0.717) is 45.4 Å². The Morgan fingerprint density at radius 2 is 1.71 bits per heavy atom. The summed E-state index contributed by atoms with van der Waals surface area (Å²) < 4.78 is 11.7. The standard InChI is InChI=1S/C28H20N2O5/c31-17-18-8-11-21(12-9-18)34-22-5-3-4-19(14-22)16-29-27(32)20-10-13-26-24(15-20)30-28(33)23-6-1-2-7-25(23)35-26/h1-15,17H,16H2,(H,29,32)(H,30,33). The third-order valence-corrected chi connectivity index (χ3v) is 5.44. The van der Waals surface area contributed by atoms with Gasteiger partial charge in [-0.15, -0.1) is 0 Å². The Kier molecular flexibility index (Phi) is 5.96. The predicted molar refractivity (Wildman–Crippen MR) is 130 cm³/mol. The maximum absolute atomic E-state index is 12.8. The molecule has 0 saturated heterocycles. The van der Waals surface area contributed by atoms with Crippen LogP contribution in [-0.2, 0) is 6.54 Å². The van der Waals surface area contributed by atoms with Crippen LogP contribution in [0.4, 0.5) is 5.69 Å². The number of hydrogen-bond acceptors (Lipinski definition) is 5. The molecule has 1 aliphatic heterocycles. The summed E-state index contributed by atoms with van der Waals surface area (Å²) >= 11 is 0. The molecule has 1 aliphatic rings. The summed E-state index contributed by atoms with van der Waals surface area (Å²) in [5.41, 5.74) is 2.66. The summed E-state index contributed by atoms with van der Waals surface area (Å²) in [4.78, 5) is 36.1. The number of amides is 2. The molecule has 35 heavy (non-hydrogen) atoms. The number of nitrogens with one attached hydrogen (secondary N) is 2. The van der Waals surface area contributed by atoms with Crippen molar-refractivity contribution in [1.82, 2.24) is 5.32 Å². The summed E-state index contributed by atoms with van der Waals surface area (Å²) in [6, 6.07) is 26.0. The summed E-state index contributed by atoms with van der Waals surface area (Å²) in [6.45, 7) is 0.283. The molecule has 0 aliphatic carbocycles. The van der Waals surface area contributed by atoms with Crippen molar-refractivity contribution < 1.29 is 23.9 Å². The summed E-state index contributed by atoms with van der Waals surface area (Å²) in [5.74, 6) is 1.55. The van der Waals surface area contributed by atoms with Crippen molar-refractivity contribution >= 4 is 23.8 Å². The second kappa shape index (κ2) is 9.52. The van der Waals surface area contributed by atoms with E-state index in [0.717, 1.165) is 11.8 Å². The Balaban J connectivity index is 1.25. The van der Waals surface area contributed by atoms with Crippen LogP contribution < -0.4 is 20.1 Å². The number of hydrogen-bond donors (Lipinski definition) is 2. The van der Waals surface area contributed by atoms with Gasteiger partial charge in [0.15, 0.2) is 5.75 Å². The van der Waals surface area contributed by atoms with Crippen molar-refractivity contribution in [2.45, 2.75) is 6.54 Å². The number of ether oxygens (including phenoxy) is 2. The van der Waals surface area contributed by atoms with E-state index < -0.39 is 0 Å². The van der Waals surface area contributed by atoms with Crippen molar-refractivity contribution in [3.8, 4) is 23.0 Å². The van der Waals surface area contributed by atoms with Gasteiger partial charge < -0.3 is 20.1 Å². The molecule has 4 aromatic carbocycles. The van der Waals surface area contributed by atoms with E-state index in [-0.39, 0.29) is 18.4 Å². The van der Waals surface area contributed by atoms with Crippen LogP contribution in [0.5, 0.6) is 23.0 Å². The largest absolute Gasteiger partial charge is 0.457 e. The molecule has 4 aromatic rings. The molecule has 2 amide bonds. The molecule has 0 aromatic heterocycles. The van der Waals surface area contributed by atoms with Crippen LogP contribution in [-0.4, -0.2) is 18.1 Å². The number of fused-ring (bicyclic) bond motifs is 2. The van der Waals surface area contributed by atoms with Crippen molar-refractivity contribution in [2.75, 3.05) is 5.32 Å². The topological polar surface area (TPSA) is 93.7 Å². The van der Waals surface area contributed by atoms with Gasteiger partial charge in [-0.25, -0.2) is 0 Å². The number of carbonyl (C=O) groups excluding carboxylic acids is 3. The van der Waals surface area contributed by atoms with Crippen molar-refractivity contribution in [1.29, 1.82) is 0 Å². The molecule has 7 nitrogen and oxygen atoms in total. The van der Waals surface area contributed by atoms with Crippen molar-refractivity contribution in [3.05, 3.63) is 113 Å². The zero-order chi connectivity index (χ0) is 24.2. The SMILES string of the molecule is O=Cc1ccc(Oc2cccc(CNC(=O)c3ccc4c(c3)NC(=O)c3ccccc3O4)c2)cc1. The Labute approximate surface area is 201 Å². The Morgan fingerprint density at radius 3 is 2.54 bits per heavy atom. The fourth-order valence-corrected chi connectivity index (χ4v) is 3.66. The van der Waals surface area contributed by atoms with Gasteiger partial charge in [-0.2, -0.15) is 0 Å². The predicted octanol–water partition coefficient (Wildman–Crippen LogP) is 5.58. The maximum Gasteiger partial charge on any atom is 0.259 e. The normalized spacial score (nSPS) is 11.7. The summed E-state index contributed by atoms with van der Waals surface area (Å²) in [6.07, 6.45) is 0.775. The average molecular weight is 464 g/mol. The summed E-state index contributed by atoms with van der Waals surface area (Å²) in [5, 5.41) is 5.69. The third-order valence-electron chi connectivity index (χ3n) is 5.44. The first kappa shape index (κ1) is 21.9. The first-order chi connectivity index (χ1) is 17.1. The van der Waals surface area contributed by atoms with Gasteiger partial charge in [0.05, 0.1) is 11.3 Å². The second-order valence-corrected chi connectivity index (χ2v) is 7.88. The van der Waals surface area contributed by atoms with E-state index in [1.54, 1.807) is 66.7 Å². The molecule has 0 radical (unpaired) electrons. The molecule has 1 heterocycles. The highest BCUT2D eigenvalue weighted by Gasteiger charge is 2.21. The van der Waals surface area contributed by atoms with E-state index >= 15 is 0 Å². The van der Waals surface area contributed by atoms with Crippen LogP contribution in [0.2, 0.25) is 0 Å². The molecule has 172 valence electrons.